The molecule has 0 radical (unpaired) electrons. The summed E-state index contributed by atoms with van der Waals surface area (Å²) >= 11 is 0. The number of hydrogen-bond donors (Lipinski definition) is 1. The molecular weight excluding hydrogens is 304 g/mol. The van der Waals surface area contributed by atoms with Gasteiger partial charge in [-0.3, -0.25) is 9.59 Å². The van der Waals surface area contributed by atoms with Gasteiger partial charge in [0.1, 0.15) is 0 Å². The van der Waals surface area contributed by atoms with Gasteiger partial charge in [0.15, 0.2) is 0 Å². The van der Waals surface area contributed by atoms with Gasteiger partial charge >= 0.3 is 0 Å². The molecule has 3 rings (SSSR count). The molecule has 1 fully saturated rings. The summed E-state index contributed by atoms with van der Waals surface area (Å²) in [7, 11) is 0. The second-order valence-corrected chi connectivity index (χ2v) is 6.48. The van der Waals surface area contributed by atoms with Gasteiger partial charge in [0.25, 0.3) is 0 Å². The van der Waals surface area contributed by atoms with Crippen molar-refractivity contribution in [2.45, 2.75) is 32.2 Å². The molecule has 24 heavy (non-hydrogen) atoms. The Bertz CT molecular complexity index is 635. The second-order valence-electron chi connectivity index (χ2n) is 6.48. The molecule has 128 valence electrons. The van der Waals surface area contributed by atoms with Gasteiger partial charge in [0, 0.05) is 26.3 Å². The molecule has 1 N–H and O–H groups in total. The Kier molecular flexibility index (Phi) is 5.30. The average molecular weight is 328 g/mol. The summed E-state index contributed by atoms with van der Waals surface area (Å²) < 4.78 is 5.45. The molecule has 1 saturated heterocycles. The van der Waals surface area contributed by atoms with Crippen LogP contribution in [-0.2, 0) is 14.3 Å². The number of nitrogens with one attached hydrogen (secondary N) is 1. The number of benzene rings is 1. The van der Waals surface area contributed by atoms with E-state index in [2.05, 4.69) is 5.32 Å². The highest BCUT2D eigenvalue weighted by molar-refractivity contribution is 5.81. The van der Waals surface area contributed by atoms with Gasteiger partial charge in [-0.2, -0.15) is 0 Å². The fraction of sp³-hybridized carbons (Fsp3) is 0.474. The highest BCUT2D eigenvalue weighted by atomic mass is 16.5. The largest absolute Gasteiger partial charge is 0.381 e. The zero-order chi connectivity index (χ0) is 16.9. The van der Waals surface area contributed by atoms with Crippen molar-refractivity contribution < 1.29 is 14.3 Å². The van der Waals surface area contributed by atoms with Gasteiger partial charge in [-0.25, -0.2) is 0 Å². The van der Waals surface area contributed by atoms with E-state index < -0.39 is 0 Å². The summed E-state index contributed by atoms with van der Waals surface area (Å²) in [5.41, 5.74) is 2.08. The lowest BCUT2D eigenvalue weighted by Gasteiger charge is -2.32. The topological polar surface area (TPSA) is 58.6 Å². The zero-order valence-electron chi connectivity index (χ0n) is 14.0. The number of nitrogens with zero attached hydrogens (tertiary/aromatic N) is 1. The molecular formula is C19H24N2O3. The predicted molar refractivity (Wildman–Crippen MR) is 91.9 cm³/mol. The van der Waals surface area contributed by atoms with Crippen molar-refractivity contribution >= 4 is 17.9 Å². The quantitative estimate of drug-likeness (QED) is 0.924. The van der Waals surface area contributed by atoms with E-state index in [1.54, 1.807) is 11.1 Å². The molecule has 0 aromatic heterocycles. The maximum atomic E-state index is 12.4. The van der Waals surface area contributed by atoms with E-state index in [9.17, 15) is 9.59 Å². The molecule has 0 bridgehead atoms. The summed E-state index contributed by atoms with van der Waals surface area (Å²) in [5.74, 6) is 0.311. The van der Waals surface area contributed by atoms with Crippen LogP contribution >= 0.6 is 0 Å². The van der Waals surface area contributed by atoms with Gasteiger partial charge in [-0.05, 0) is 36.0 Å². The highest BCUT2D eigenvalue weighted by Crippen LogP contribution is 2.32. The molecule has 0 aliphatic carbocycles. The number of amides is 2. The first-order valence-corrected chi connectivity index (χ1v) is 8.55. The number of rotatable bonds is 4. The van der Waals surface area contributed by atoms with Crippen LogP contribution in [0.4, 0.5) is 0 Å². The fourth-order valence-corrected chi connectivity index (χ4v) is 3.39. The minimum absolute atomic E-state index is 0.0260. The first kappa shape index (κ1) is 16.7. The zero-order valence-corrected chi connectivity index (χ0v) is 14.0. The Labute approximate surface area is 142 Å². The summed E-state index contributed by atoms with van der Waals surface area (Å²) in [6.45, 7) is 3.71. The number of carbonyl (C=O) groups is 2. The fourth-order valence-electron chi connectivity index (χ4n) is 3.39. The average Bonchev–Trinajstić information content (AvgIpc) is 2.61. The van der Waals surface area contributed by atoms with Crippen LogP contribution in [0.1, 0.15) is 43.4 Å². The predicted octanol–water partition coefficient (Wildman–Crippen LogP) is 2.49. The van der Waals surface area contributed by atoms with Crippen LogP contribution in [0, 0.1) is 5.92 Å². The van der Waals surface area contributed by atoms with E-state index in [0.717, 1.165) is 37.2 Å². The molecule has 2 amide bonds. The van der Waals surface area contributed by atoms with Crippen LogP contribution in [0.2, 0.25) is 0 Å². The van der Waals surface area contributed by atoms with E-state index >= 15 is 0 Å². The van der Waals surface area contributed by atoms with Gasteiger partial charge < -0.3 is 15.0 Å². The monoisotopic (exact) mass is 328 g/mol. The van der Waals surface area contributed by atoms with Crippen molar-refractivity contribution in [2.24, 2.45) is 5.92 Å². The Balaban J connectivity index is 1.65. The molecule has 5 nitrogen and oxygen atoms in total. The maximum Gasteiger partial charge on any atom is 0.223 e. The Hall–Kier alpha value is -2.14. The smallest absolute Gasteiger partial charge is 0.223 e. The van der Waals surface area contributed by atoms with E-state index in [0.29, 0.717) is 12.5 Å². The third kappa shape index (κ3) is 3.85. The molecule has 0 unspecified atom stereocenters. The van der Waals surface area contributed by atoms with Crippen molar-refractivity contribution in [1.82, 2.24) is 10.2 Å². The van der Waals surface area contributed by atoms with Crippen LogP contribution in [-0.4, -0.2) is 36.5 Å². The van der Waals surface area contributed by atoms with E-state index in [1.165, 1.54) is 6.92 Å². The maximum absolute atomic E-state index is 12.4. The van der Waals surface area contributed by atoms with E-state index in [-0.39, 0.29) is 24.3 Å². The summed E-state index contributed by atoms with van der Waals surface area (Å²) in [6.07, 6.45) is 6.12. The second kappa shape index (κ2) is 7.62. The lowest BCUT2D eigenvalue weighted by molar-refractivity contribution is -0.130. The van der Waals surface area contributed by atoms with Gasteiger partial charge in [0.05, 0.1) is 19.1 Å². The van der Waals surface area contributed by atoms with Crippen LogP contribution < -0.4 is 5.32 Å². The first-order chi connectivity index (χ1) is 11.6. The SMILES string of the molecule is CC(=O)N1C=Cc2ccccc2[C@H]1CC(=O)NC[C@H]1CCCOC1. The Morgan fingerprint density at radius 1 is 1.33 bits per heavy atom. The van der Waals surface area contributed by atoms with Gasteiger partial charge in [-0.15, -0.1) is 0 Å². The molecule has 2 aliphatic heterocycles. The lowest BCUT2D eigenvalue weighted by Crippen LogP contribution is -2.37. The molecule has 1 aromatic carbocycles. The van der Waals surface area contributed by atoms with Crippen LogP contribution in [0.25, 0.3) is 6.08 Å². The summed E-state index contributed by atoms with van der Waals surface area (Å²) in [4.78, 5) is 26.0. The summed E-state index contributed by atoms with van der Waals surface area (Å²) in [5, 5.41) is 3.01. The van der Waals surface area contributed by atoms with E-state index in [4.69, 9.17) is 4.74 Å². The number of hydrogen-bond acceptors (Lipinski definition) is 3. The molecule has 1 aromatic rings. The van der Waals surface area contributed by atoms with Gasteiger partial charge in [-0.1, -0.05) is 24.3 Å². The lowest BCUT2D eigenvalue weighted by atomic mass is 9.93. The van der Waals surface area contributed by atoms with Crippen LogP contribution in [0.5, 0.6) is 0 Å². The molecule has 0 spiro atoms. The minimum atomic E-state index is -0.244. The number of ether oxygens (including phenoxy) is 1. The normalized spacial score (nSPS) is 22.8. The molecule has 2 aliphatic rings. The van der Waals surface area contributed by atoms with Crippen molar-refractivity contribution in [1.29, 1.82) is 0 Å². The first-order valence-electron chi connectivity index (χ1n) is 8.55. The van der Waals surface area contributed by atoms with E-state index in [1.807, 2.05) is 30.3 Å². The van der Waals surface area contributed by atoms with Crippen LogP contribution in [0.15, 0.2) is 30.5 Å². The number of fused-ring (bicyclic) bond motifs is 1. The third-order valence-corrected chi connectivity index (χ3v) is 4.69. The Morgan fingerprint density at radius 3 is 2.92 bits per heavy atom. The minimum Gasteiger partial charge on any atom is -0.381 e. The molecule has 0 saturated carbocycles. The number of carbonyl (C=O) groups excluding carboxylic acids is 2. The van der Waals surface area contributed by atoms with Crippen molar-refractivity contribution in [3.05, 3.63) is 41.6 Å². The van der Waals surface area contributed by atoms with Crippen molar-refractivity contribution in [3.8, 4) is 0 Å². The molecule has 2 heterocycles. The van der Waals surface area contributed by atoms with Crippen LogP contribution in [0.3, 0.4) is 0 Å². The molecule has 5 heteroatoms. The summed E-state index contributed by atoms with van der Waals surface area (Å²) in [6, 6.07) is 7.66. The third-order valence-electron chi connectivity index (χ3n) is 4.69. The van der Waals surface area contributed by atoms with Crippen molar-refractivity contribution in [3.63, 3.8) is 0 Å². The Morgan fingerprint density at radius 2 is 2.17 bits per heavy atom. The molecule has 2 atom stereocenters. The van der Waals surface area contributed by atoms with Crippen molar-refractivity contribution in [2.75, 3.05) is 19.8 Å². The highest BCUT2D eigenvalue weighted by Gasteiger charge is 2.28. The van der Waals surface area contributed by atoms with Gasteiger partial charge in [0.2, 0.25) is 11.8 Å². The standard InChI is InChI=1S/C19H24N2O3/c1-14(22)21-9-8-16-6-2-3-7-17(16)18(21)11-19(23)20-12-15-5-4-10-24-13-15/h2-3,6-9,15,18H,4-5,10-13H2,1H3,(H,20,23)/t15-,18-/m1/s1.